The van der Waals surface area contributed by atoms with Crippen molar-refractivity contribution in [2.24, 2.45) is 0 Å². The highest BCUT2D eigenvalue weighted by molar-refractivity contribution is 5.64. The number of fused-ring (bicyclic) bond motifs is 1. The van der Waals surface area contributed by atoms with E-state index in [0.717, 1.165) is 41.6 Å². The largest absolute Gasteiger partial charge is 0.367 e. The molecule has 1 aliphatic rings. The molecule has 0 atom stereocenters. The van der Waals surface area contributed by atoms with E-state index in [1.807, 2.05) is 13.0 Å². The van der Waals surface area contributed by atoms with Crippen LogP contribution in [0.2, 0.25) is 0 Å². The van der Waals surface area contributed by atoms with Crippen LogP contribution in [-0.4, -0.2) is 26.4 Å². The molecule has 0 fully saturated rings. The first-order chi connectivity index (χ1) is 14.8. The molecule has 31 heavy (non-hydrogen) atoms. The first kappa shape index (κ1) is 20.7. The minimum absolute atomic E-state index is 0.198. The van der Waals surface area contributed by atoms with Crippen LogP contribution in [0.1, 0.15) is 29.7 Å². The number of aromatic nitrogens is 3. The quantitative estimate of drug-likeness (QED) is 0.636. The Morgan fingerprint density at radius 2 is 2.06 bits per heavy atom. The molecule has 3 heterocycles. The molecular formula is C24H22F2N4O. The molecule has 7 heteroatoms. The van der Waals surface area contributed by atoms with Crippen LogP contribution in [0.4, 0.5) is 8.78 Å². The van der Waals surface area contributed by atoms with Gasteiger partial charge in [0.1, 0.15) is 17.5 Å². The fourth-order valence-corrected chi connectivity index (χ4v) is 3.74. The number of hydrogen-bond donors (Lipinski definition) is 1. The van der Waals surface area contributed by atoms with Gasteiger partial charge in [-0.1, -0.05) is 6.58 Å². The summed E-state index contributed by atoms with van der Waals surface area (Å²) in [6.45, 7) is 9.21. The van der Waals surface area contributed by atoms with Crippen molar-refractivity contribution in [2.75, 3.05) is 6.54 Å². The van der Waals surface area contributed by atoms with E-state index in [1.54, 1.807) is 19.2 Å². The van der Waals surface area contributed by atoms with E-state index in [0.29, 0.717) is 29.2 Å². The summed E-state index contributed by atoms with van der Waals surface area (Å²) in [6.07, 6.45) is 4.16. The van der Waals surface area contributed by atoms with Gasteiger partial charge in [-0.15, -0.1) is 0 Å². The summed E-state index contributed by atoms with van der Waals surface area (Å²) in [5.74, 6) is -0.740. The molecular weight excluding hydrogens is 398 g/mol. The number of rotatable bonds is 4. The van der Waals surface area contributed by atoms with Crippen LogP contribution >= 0.6 is 0 Å². The van der Waals surface area contributed by atoms with Crippen LogP contribution in [0.25, 0.3) is 17.2 Å². The average Bonchev–Trinajstić information content (AvgIpc) is 2.71. The van der Waals surface area contributed by atoms with Gasteiger partial charge in [0, 0.05) is 66.1 Å². The Morgan fingerprint density at radius 1 is 1.26 bits per heavy atom. The lowest BCUT2D eigenvalue weighted by molar-refractivity contribution is 0.326. The van der Waals surface area contributed by atoms with Crippen molar-refractivity contribution in [3.05, 3.63) is 99.1 Å². The SMILES string of the molecule is C=C(/C(C)=C\c1nc(C)cc(=O)[nH]1)N1CCc2ncc(-c3ccc(F)cc3F)cc2C1. The monoisotopic (exact) mass is 420 g/mol. The molecule has 1 N–H and O–H groups in total. The molecule has 1 aromatic carbocycles. The van der Waals surface area contributed by atoms with Crippen molar-refractivity contribution < 1.29 is 8.78 Å². The first-order valence-corrected chi connectivity index (χ1v) is 9.94. The van der Waals surface area contributed by atoms with Crippen LogP contribution in [0, 0.1) is 18.6 Å². The number of aryl methyl sites for hydroxylation is 1. The van der Waals surface area contributed by atoms with Crippen molar-refractivity contribution >= 4 is 6.08 Å². The molecule has 2 aromatic heterocycles. The highest BCUT2D eigenvalue weighted by Gasteiger charge is 2.20. The lowest BCUT2D eigenvalue weighted by Gasteiger charge is -2.32. The molecule has 158 valence electrons. The molecule has 3 aromatic rings. The van der Waals surface area contributed by atoms with Gasteiger partial charge in [0.25, 0.3) is 5.56 Å². The van der Waals surface area contributed by atoms with Crippen molar-refractivity contribution in [2.45, 2.75) is 26.8 Å². The number of hydrogen-bond acceptors (Lipinski definition) is 4. The lowest BCUT2D eigenvalue weighted by atomic mass is 9.99. The van der Waals surface area contributed by atoms with E-state index >= 15 is 0 Å². The van der Waals surface area contributed by atoms with Gasteiger partial charge in [0.05, 0.1) is 0 Å². The van der Waals surface area contributed by atoms with Gasteiger partial charge < -0.3 is 9.88 Å². The molecule has 0 bridgehead atoms. The van der Waals surface area contributed by atoms with E-state index < -0.39 is 11.6 Å². The van der Waals surface area contributed by atoms with Crippen LogP contribution in [0.15, 0.2) is 59.2 Å². The highest BCUT2D eigenvalue weighted by Crippen LogP contribution is 2.29. The molecule has 0 unspecified atom stereocenters. The zero-order chi connectivity index (χ0) is 22.1. The van der Waals surface area contributed by atoms with Crippen LogP contribution < -0.4 is 5.56 Å². The summed E-state index contributed by atoms with van der Waals surface area (Å²) in [7, 11) is 0. The Bertz CT molecular complexity index is 1260. The van der Waals surface area contributed by atoms with E-state index in [-0.39, 0.29) is 5.56 Å². The molecule has 5 nitrogen and oxygen atoms in total. The van der Waals surface area contributed by atoms with Crippen LogP contribution in [-0.2, 0) is 13.0 Å². The molecule has 0 spiro atoms. The third kappa shape index (κ3) is 4.45. The zero-order valence-corrected chi connectivity index (χ0v) is 17.4. The van der Waals surface area contributed by atoms with Crippen molar-refractivity contribution in [1.29, 1.82) is 0 Å². The minimum Gasteiger partial charge on any atom is -0.367 e. The summed E-state index contributed by atoms with van der Waals surface area (Å²) >= 11 is 0. The number of nitrogens with one attached hydrogen (secondary N) is 1. The van der Waals surface area contributed by atoms with Crippen molar-refractivity contribution in [3.8, 4) is 11.1 Å². The molecule has 0 amide bonds. The standard InChI is InChI=1S/C24H22F2N4O/c1-14(8-23-28-15(2)9-24(31)29-23)16(3)30-7-6-22-18(13-30)10-17(12-27-22)20-5-4-19(25)11-21(20)26/h4-5,8-12H,3,6-7,13H2,1-2H3,(H,28,29,31)/b14-8-. The summed E-state index contributed by atoms with van der Waals surface area (Å²) in [4.78, 5) is 25.3. The van der Waals surface area contributed by atoms with E-state index in [4.69, 9.17) is 0 Å². The Balaban J connectivity index is 1.58. The molecule has 0 aliphatic carbocycles. The van der Waals surface area contributed by atoms with E-state index in [2.05, 4.69) is 26.4 Å². The predicted molar refractivity (Wildman–Crippen MR) is 116 cm³/mol. The van der Waals surface area contributed by atoms with Gasteiger partial charge in [0.2, 0.25) is 0 Å². The second-order valence-corrected chi connectivity index (χ2v) is 7.67. The first-order valence-electron chi connectivity index (χ1n) is 9.94. The van der Waals surface area contributed by atoms with E-state index in [9.17, 15) is 13.6 Å². The molecule has 1 aliphatic heterocycles. The number of aromatic amines is 1. The zero-order valence-electron chi connectivity index (χ0n) is 17.4. The normalized spacial score (nSPS) is 13.8. The number of nitrogens with zero attached hydrogens (tertiary/aromatic N) is 3. The summed E-state index contributed by atoms with van der Waals surface area (Å²) in [6, 6.07) is 6.88. The summed E-state index contributed by atoms with van der Waals surface area (Å²) in [5, 5.41) is 0. The summed E-state index contributed by atoms with van der Waals surface area (Å²) in [5.41, 5.74) is 5.00. The lowest BCUT2D eigenvalue weighted by Crippen LogP contribution is -2.30. The maximum atomic E-state index is 14.2. The number of pyridine rings is 1. The predicted octanol–water partition coefficient (Wildman–Crippen LogP) is 4.39. The Morgan fingerprint density at radius 3 is 2.81 bits per heavy atom. The van der Waals surface area contributed by atoms with Gasteiger partial charge in [-0.05, 0) is 49.3 Å². The van der Waals surface area contributed by atoms with Gasteiger partial charge in [-0.25, -0.2) is 13.8 Å². The third-order valence-corrected chi connectivity index (χ3v) is 5.36. The molecule has 4 rings (SSSR count). The molecule has 0 radical (unpaired) electrons. The van der Waals surface area contributed by atoms with Crippen molar-refractivity contribution in [3.63, 3.8) is 0 Å². The Hall–Kier alpha value is -3.61. The Kier molecular flexibility index (Phi) is 5.50. The number of allylic oxidation sites excluding steroid dienone is 1. The van der Waals surface area contributed by atoms with Crippen LogP contribution in [0.5, 0.6) is 0 Å². The average molecular weight is 420 g/mol. The topological polar surface area (TPSA) is 61.9 Å². The van der Waals surface area contributed by atoms with Gasteiger partial charge in [0.15, 0.2) is 0 Å². The number of H-pyrrole nitrogens is 1. The highest BCUT2D eigenvalue weighted by atomic mass is 19.1. The summed E-state index contributed by atoms with van der Waals surface area (Å²) < 4.78 is 27.5. The molecule has 0 saturated carbocycles. The third-order valence-electron chi connectivity index (χ3n) is 5.36. The maximum absolute atomic E-state index is 14.2. The fraction of sp³-hybridized carbons (Fsp3) is 0.208. The van der Waals surface area contributed by atoms with Gasteiger partial charge in [-0.3, -0.25) is 9.78 Å². The minimum atomic E-state index is -0.614. The second-order valence-electron chi connectivity index (χ2n) is 7.67. The number of halogens is 2. The molecule has 0 saturated heterocycles. The van der Waals surface area contributed by atoms with E-state index in [1.165, 1.54) is 18.2 Å². The van der Waals surface area contributed by atoms with Gasteiger partial charge >= 0.3 is 0 Å². The Labute approximate surface area is 178 Å². The number of benzene rings is 1. The second kappa shape index (κ2) is 8.26. The fourth-order valence-electron chi connectivity index (χ4n) is 3.74. The van der Waals surface area contributed by atoms with Crippen molar-refractivity contribution in [1.82, 2.24) is 19.9 Å². The van der Waals surface area contributed by atoms with Crippen LogP contribution in [0.3, 0.4) is 0 Å². The van der Waals surface area contributed by atoms with Gasteiger partial charge in [-0.2, -0.15) is 0 Å². The smallest absolute Gasteiger partial charge is 0.251 e. The maximum Gasteiger partial charge on any atom is 0.251 e.